The second kappa shape index (κ2) is 6.80. The molecule has 0 bridgehead atoms. The maximum atomic E-state index is 12.9. The van der Waals surface area contributed by atoms with Gasteiger partial charge in [-0.3, -0.25) is 4.79 Å². The Kier molecular flexibility index (Phi) is 4.83. The van der Waals surface area contributed by atoms with Crippen LogP contribution in [0.25, 0.3) is 0 Å². The van der Waals surface area contributed by atoms with E-state index in [-0.39, 0.29) is 17.5 Å². The Morgan fingerprint density at radius 2 is 1.75 bits per heavy atom. The van der Waals surface area contributed by atoms with Gasteiger partial charge in [0.15, 0.2) is 5.78 Å². The molecule has 1 unspecified atom stereocenters. The Hall–Kier alpha value is -2.22. The van der Waals surface area contributed by atoms with Crippen molar-refractivity contribution in [3.63, 3.8) is 0 Å². The van der Waals surface area contributed by atoms with Crippen molar-refractivity contribution < 1.29 is 9.18 Å². The third kappa shape index (κ3) is 3.64. The largest absolute Gasteiger partial charge is 0.294 e. The molecule has 0 amide bonds. The molecule has 2 aromatic carbocycles. The first kappa shape index (κ1) is 14.2. The van der Waals surface area contributed by atoms with Crippen molar-refractivity contribution in [3.8, 4) is 0 Å². The minimum atomic E-state index is -0.327. The standard InChI is InChI=1S/C18H17FO/c1-2-6-16(14-7-4-3-5-8-14)13-18(20)15-9-11-17(19)12-10-15/h2-5,7-12,16H,1,6,13H2. The Morgan fingerprint density at radius 1 is 1.10 bits per heavy atom. The summed E-state index contributed by atoms with van der Waals surface area (Å²) in [6.07, 6.45) is 2.98. The summed E-state index contributed by atoms with van der Waals surface area (Å²) in [5, 5.41) is 0. The summed E-state index contributed by atoms with van der Waals surface area (Å²) in [5.41, 5.74) is 1.68. The van der Waals surface area contributed by atoms with Crippen LogP contribution in [-0.2, 0) is 0 Å². The summed E-state index contributed by atoms with van der Waals surface area (Å²) < 4.78 is 12.9. The number of halogens is 1. The van der Waals surface area contributed by atoms with E-state index in [1.165, 1.54) is 24.3 Å². The number of carbonyl (C=O) groups excluding carboxylic acids is 1. The summed E-state index contributed by atoms with van der Waals surface area (Å²) >= 11 is 0. The lowest BCUT2D eigenvalue weighted by Gasteiger charge is -2.14. The predicted molar refractivity (Wildman–Crippen MR) is 79.3 cm³/mol. The molecule has 0 aliphatic carbocycles. The van der Waals surface area contributed by atoms with Gasteiger partial charge < -0.3 is 0 Å². The highest BCUT2D eigenvalue weighted by Gasteiger charge is 2.16. The Balaban J connectivity index is 2.14. The van der Waals surface area contributed by atoms with Crippen LogP contribution in [0.15, 0.2) is 67.3 Å². The van der Waals surface area contributed by atoms with Crippen LogP contribution in [0.4, 0.5) is 4.39 Å². The number of allylic oxidation sites excluding steroid dienone is 1. The van der Waals surface area contributed by atoms with Crippen molar-refractivity contribution in [3.05, 3.63) is 84.2 Å². The highest BCUT2D eigenvalue weighted by molar-refractivity contribution is 5.96. The molecule has 0 fully saturated rings. The van der Waals surface area contributed by atoms with Gasteiger partial charge in [-0.05, 0) is 42.2 Å². The van der Waals surface area contributed by atoms with Gasteiger partial charge in [0.2, 0.25) is 0 Å². The van der Waals surface area contributed by atoms with E-state index in [0.717, 1.165) is 12.0 Å². The molecule has 102 valence electrons. The fourth-order valence-corrected chi connectivity index (χ4v) is 2.24. The predicted octanol–water partition coefficient (Wildman–Crippen LogP) is 4.76. The van der Waals surface area contributed by atoms with E-state index in [1.807, 2.05) is 36.4 Å². The van der Waals surface area contributed by atoms with Crippen molar-refractivity contribution in [2.45, 2.75) is 18.8 Å². The molecular weight excluding hydrogens is 251 g/mol. The third-order valence-electron chi connectivity index (χ3n) is 3.32. The van der Waals surface area contributed by atoms with E-state index in [0.29, 0.717) is 12.0 Å². The van der Waals surface area contributed by atoms with Crippen LogP contribution >= 0.6 is 0 Å². The van der Waals surface area contributed by atoms with Crippen molar-refractivity contribution in [1.82, 2.24) is 0 Å². The fraction of sp³-hybridized carbons (Fsp3) is 0.167. The summed E-state index contributed by atoms with van der Waals surface area (Å²) in [7, 11) is 0. The maximum absolute atomic E-state index is 12.9. The van der Waals surface area contributed by atoms with Crippen LogP contribution in [0, 0.1) is 5.82 Å². The summed E-state index contributed by atoms with van der Waals surface area (Å²) in [4.78, 5) is 12.3. The third-order valence-corrected chi connectivity index (χ3v) is 3.32. The molecule has 1 nitrogen and oxygen atoms in total. The fourth-order valence-electron chi connectivity index (χ4n) is 2.24. The Bertz CT molecular complexity index is 572. The average molecular weight is 268 g/mol. The SMILES string of the molecule is C=CCC(CC(=O)c1ccc(F)cc1)c1ccccc1. The van der Waals surface area contributed by atoms with Crippen molar-refractivity contribution >= 4 is 5.78 Å². The van der Waals surface area contributed by atoms with Crippen LogP contribution < -0.4 is 0 Å². The quantitative estimate of drug-likeness (QED) is 0.545. The minimum Gasteiger partial charge on any atom is -0.294 e. The number of carbonyl (C=O) groups is 1. The number of ketones is 1. The van der Waals surface area contributed by atoms with Gasteiger partial charge in [0.25, 0.3) is 0 Å². The van der Waals surface area contributed by atoms with Gasteiger partial charge in [0.05, 0.1) is 0 Å². The molecule has 0 spiro atoms. The zero-order valence-electron chi connectivity index (χ0n) is 11.3. The monoisotopic (exact) mass is 268 g/mol. The number of hydrogen-bond donors (Lipinski definition) is 0. The normalized spacial score (nSPS) is 11.8. The molecule has 0 aromatic heterocycles. The van der Waals surface area contributed by atoms with E-state index in [4.69, 9.17) is 0 Å². The van der Waals surface area contributed by atoms with Gasteiger partial charge in [0, 0.05) is 12.0 Å². The number of rotatable bonds is 6. The van der Waals surface area contributed by atoms with E-state index in [2.05, 4.69) is 6.58 Å². The molecule has 0 saturated heterocycles. The van der Waals surface area contributed by atoms with E-state index in [1.54, 1.807) is 0 Å². The molecule has 0 heterocycles. The van der Waals surface area contributed by atoms with Crippen molar-refractivity contribution in [1.29, 1.82) is 0 Å². The molecular formula is C18H17FO. The molecule has 2 heteroatoms. The van der Waals surface area contributed by atoms with Crippen LogP contribution in [0.1, 0.15) is 34.7 Å². The number of benzene rings is 2. The Morgan fingerprint density at radius 3 is 2.35 bits per heavy atom. The van der Waals surface area contributed by atoms with Gasteiger partial charge in [-0.2, -0.15) is 0 Å². The van der Waals surface area contributed by atoms with Crippen LogP contribution in [0.3, 0.4) is 0 Å². The van der Waals surface area contributed by atoms with Gasteiger partial charge in [-0.25, -0.2) is 4.39 Å². The minimum absolute atomic E-state index is 0.0284. The van der Waals surface area contributed by atoms with Crippen molar-refractivity contribution in [2.24, 2.45) is 0 Å². The first-order valence-electron chi connectivity index (χ1n) is 6.65. The zero-order chi connectivity index (χ0) is 14.4. The first-order chi connectivity index (χ1) is 9.70. The molecule has 0 aliphatic heterocycles. The highest BCUT2D eigenvalue weighted by atomic mass is 19.1. The molecule has 0 aliphatic rings. The maximum Gasteiger partial charge on any atom is 0.163 e. The molecule has 2 aromatic rings. The smallest absolute Gasteiger partial charge is 0.163 e. The number of hydrogen-bond acceptors (Lipinski definition) is 1. The lowest BCUT2D eigenvalue weighted by molar-refractivity contribution is 0.0973. The van der Waals surface area contributed by atoms with Gasteiger partial charge in [-0.15, -0.1) is 6.58 Å². The molecule has 20 heavy (non-hydrogen) atoms. The summed E-state index contributed by atoms with van der Waals surface area (Å²) in [6, 6.07) is 15.6. The molecule has 1 atom stereocenters. The van der Waals surface area contributed by atoms with Gasteiger partial charge >= 0.3 is 0 Å². The summed E-state index contributed by atoms with van der Waals surface area (Å²) in [5.74, 6) is -0.181. The van der Waals surface area contributed by atoms with Gasteiger partial charge in [0.1, 0.15) is 5.82 Å². The van der Waals surface area contributed by atoms with Crippen LogP contribution in [-0.4, -0.2) is 5.78 Å². The lowest BCUT2D eigenvalue weighted by Crippen LogP contribution is -2.07. The molecule has 0 N–H and O–H groups in total. The number of Topliss-reactive ketones (excluding diaryl/α,β-unsaturated/α-hetero) is 1. The summed E-state index contributed by atoms with van der Waals surface area (Å²) in [6.45, 7) is 3.76. The second-order valence-electron chi connectivity index (χ2n) is 4.77. The van der Waals surface area contributed by atoms with E-state index in [9.17, 15) is 9.18 Å². The van der Waals surface area contributed by atoms with E-state index >= 15 is 0 Å². The molecule has 2 rings (SSSR count). The van der Waals surface area contributed by atoms with Crippen molar-refractivity contribution in [2.75, 3.05) is 0 Å². The first-order valence-corrected chi connectivity index (χ1v) is 6.65. The highest BCUT2D eigenvalue weighted by Crippen LogP contribution is 2.25. The average Bonchev–Trinajstić information content (AvgIpc) is 2.48. The topological polar surface area (TPSA) is 17.1 Å². The lowest BCUT2D eigenvalue weighted by atomic mass is 9.89. The van der Waals surface area contributed by atoms with Gasteiger partial charge in [-0.1, -0.05) is 36.4 Å². The van der Waals surface area contributed by atoms with Crippen LogP contribution in [0.5, 0.6) is 0 Å². The zero-order valence-corrected chi connectivity index (χ0v) is 11.3. The second-order valence-corrected chi connectivity index (χ2v) is 4.77. The van der Waals surface area contributed by atoms with E-state index < -0.39 is 0 Å². The molecule has 0 radical (unpaired) electrons. The molecule has 0 saturated carbocycles. The van der Waals surface area contributed by atoms with Crippen LogP contribution in [0.2, 0.25) is 0 Å². The Labute approximate surface area is 118 Å².